The molecule has 0 atom stereocenters. The van der Waals surface area contributed by atoms with E-state index in [1.54, 1.807) is 18.2 Å². The van der Waals surface area contributed by atoms with Crippen molar-refractivity contribution in [3.05, 3.63) is 69.5 Å². The third kappa shape index (κ3) is 3.55. The molecule has 0 spiro atoms. The van der Waals surface area contributed by atoms with Crippen LogP contribution in [0.15, 0.2) is 47.1 Å². The van der Waals surface area contributed by atoms with E-state index in [9.17, 15) is 14.9 Å². The molecule has 146 valence electrons. The van der Waals surface area contributed by atoms with Crippen molar-refractivity contribution >= 4 is 28.9 Å². The lowest BCUT2D eigenvalue weighted by Gasteiger charge is -2.34. The van der Waals surface area contributed by atoms with E-state index >= 15 is 0 Å². The Kier molecular flexibility index (Phi) is 5.18. The van der Waals surface area contributed by atoms with E-state index in [0.717, 1.165) is 37.4 Å². The molecule has 1 aromatic heterocycles. The van der Waals surface area contributed by atoms with Gasteiger partial charge in [-0.05, 0) is 36.9 Å². The first-order chi connectivity index (χ1) is 14.0. The van der Waals surface area contributed by atoms with E-state index in [4.69, 9.17) is 11.6 Å². The Hall–Kier alpha value is -3.01. The molecule has 0 bridgehead atoms. The van der Waals surface area contributed by atoms with Gasteiger partial charge in [-0.2, -0.15) is 5.26 Å². The first-order valence-corrected chi connectivity index (χ1v) is 9.77. The van der Waals surface area contributed by atoms with Gasteiger partial charge in [0, 0.05) is 44.4 Å². The SMILES string of the molecule is CN1CCN(c2ccc(CC3=C(Cl)C(=O)c4ncccc4C3=O)cc2C#N)CC1. The van der Waals surface area contributed by atoms with Crippen LogP contribution in [0.1, 0.15) is 32.0 Å². The Labute approximate surface area is 174 Å². The standard InChI is InChI=1S/C22H19ClN4O2/c1-26-7-9-27(10-8-26)18-5-4-14(11-15(18)13-24)12-17-19(23)22(29)20-16(21(17)28)3-2-6-25-20/h2-6,11H,7-10,12H2,1H3. The Balaban J connectivity index is 1.63. The van der Waals surface area contributed by atoms with Gasteiger partial charge in [0.15, 0.2) is 5.78 Å². The fourth-order valence-electron chi connectivity index (χ4n) is 3.74. The second-order valence-corrected chi connectivity index (χ2v) is 7.66. The fourth-order valence-corrected chi connectivity index (χ4v) is 3.98. The van der Waals surface area contributed by atoms with Gasteiger partial charge in [-0.3, -0.25) is 14.6 Å². The number of ketones is 2. The Morgan fingerprint density at radius 3 is 2.62 bits per heavy atom. The predicted molar refractivity (Wildman–Crippen MR) is 110 cm³/mol. The minimum atomic E-state index is -0.438. The molecule has 6 nitrogen and oxygen atoms in total. The normalized spacial score (nSPS) is 17.3. The zero-order chi connectivity index (χ0) is 20.5. The highest BCUT2D eigenvalue weighted by Gasteiger charge is 2.32. The number of carbonyl (C=O) groups is 2. The summed E-state index contributed by atoms with van der Waals surface area (Å²) in [5.41, 5.74) is 2.82. The summed E-state index contributed by atoms with van der Waals surface area (Å²) in [5.74, 6) is -0.731. The number of Topliss-reactive ketones (excluding diaryl/α,β-unsaturated/α-hetero) is 2. The molecule has 4 rings (SSSR count). The molecule has 1 saturated heterocycles. The molecule has 0 N–H and O–H groups in total. The van der Waals surface area contributed by atoms with Crippen molar-refractivity contribution in [3.63, 3.8) is 0 Å². The summed E-state index contributed by atoms with van der Waals surface area (Å²) in [4.78, 5) is 33.8. The number of nitrogens with zero attached hydrogens (tertiary/aromatic N) is 4. The number of anilines is 1. The molecule has 2 heterocycles. The van der Waals surface area contributed by atoms with Crippen LogP contribution in [0.5, 0.6) is 0 Å². The molecule has 2 aliphatic rings. The number of allylic oxidation sites excluding steroid dienone is 2. The van der Waals surface area contributed by atoms with Crippen molar-refractivity contribution in [1.29, 1.82) is 5.26 Å². The maximum atomic E-state index is 12.9. The molecule has 0 amide bonds. The van der Waals surface area contributed by atoms with E-state index in [1.807, 2.05) is 12.1 Å². The summed E-state index contributed by atoms with van der Waals surface area (Å²) in [7, 11) is 2.08. The van der Waals surface area contributed by atoms with Crippen molar-refractivity contribution in [1.82, 2.24) is 9.88 Å². The number of piperazine rings is 1. The summed E-state index contributed by atoms with van der Waals surface area (Å²) in [6.45, 7) is 3.61. The number of likely N-dealkylation sites (N-methyl/N-ethyl adjacent to an activating group) is 1. The third-order valence-corrected chi connectivity index (χ3v) is 5.81. The number of rotatable bonds is 3. The number of fused-ring (bicyclic) bond motifs is 1. The number of hydrogen-bond donors (Lipinski definition) is 0. The van der Waals surface area contributed by atoms with Gasteiger partial charge in [-0.15, -0.1) is 0 Å². The first kappa shape index (κ1) is 19.3. The Morgan fingerprint density at radius 2 is 1.90 bits per heavy atom. The van der Waals surface area contributed by atoms with Crippen LogP contribution in [0.25, 0.3) is 0 Å². The summed E-state index contributed by atoms with van der Waals surface area (Å²) in [6, 6.07) is 11.1. The van der Waals surface area contributed by atoms with Crippen LogP contribution < -0.4 is 4.90 Å². The van der Waals surface area contributed by atoms with Crippen molar-refractivity contribution < 1.29 is 9.59 Å². The monoisotopic (exact) mass is 406 g/mol. The van der Waals surface area contributed by atoms with Gasteiger partial charge in [-0.25, -0.2) is 0 Å². The zero-order valence-electron chi connectivity index (χ0n) is 16.0. The van der Waals surface area contributed by atoms with Crippen LogP contribution in [-0.2, 0) is 6.42 Å². The third-order valence-electron chi connectivity index (χ3n) is 5.41. The molecule has 1 aliphatic carbocycles. The van der Waals surface area contributed by atoms with Gasteiger partial charge in [0.25, 0.3) is 0 Å². The van der Waals surface area contributed by atoms with Gasteiger partial charge >= 0.3 is 0 Å². The van der Waals surface area contributed by atoms with Crippen molar-refractivity contribution in [2.75, 3.05) is 38.1 Å². The van der Waals surface area contributed by atoms with E-state index in [-0.39, 0.29) is 34.1 Å². The van der Waals surface area contributed by atoms with Crippen LogP contribution in [0.2, 0.25) is 0 Å². The average Bonchev–Trinajstić information content (AvgIpc) is 2.75. The number of pyridine rings is 1. The van der Waals surface area contributed by atoms with Crippen LogP contribution in [-0.4, -0.2) is 54.7 Å². The van der Waals surface area contributed by atoms with Gasteiger partial charge in [0.2, 0.25) is 5.78 Å². The molecule has 1 aliphatic heterocycles. The molecule has 1 aromatic carbocycles. The molecular weight excluding hydrogens is 388 g/mol. The number of hydrogen-bond acceptors (Lipinski definition) is 6. The van der Waals surface area contributed by atoms with E-state index in [2.05, 4.69) is 27.9 Å². The lowest BCUT2D eigenvalue weighted by Crippen LogP contribution is -2.44. The molecule has 1 fully saturated rings. The van der Waals surface area contributed by atoms with Crippen LogP contribution in [0.4, 0.5) is 5.69 Å². The molecule has 0 saturated carbocycles. The fraction of sp³-hybridized carbons (Fsp3) is 0.273. The zero-order valence-corrected chi connectivity index (χ0v) is 16.7. The predicted octanol–water partition coefficient (Wildman–Crippen LogP) is 2.82. The van der Waals surface area contributed by atoms with Gasteiger partial charge in [0.1, 0.15) is 11.8 Å². The minimum absolute atomic E-state index is 0.0920. The molecule has 0 radical (unpaired) electrons. The van der Waals surface area contributed by atoms with Crippen molar-refractivity contribution in [3.8, 4) is 6.07 Å². The Bertz CT molecular complexity index is 1080. The van der Waals surface area contributed by atoms with E-state index in [1.165, 1.54) is 6.20 Å². The maximum Gasteiger partial charge on any atom is 0.223 e. The number of halogens is 1. The number of carbonyl (C=O) groups excluding carboxylic acids is 2. The van der Waals surface area contributed by atoms with Crippen molar-refractivity contribution in [2.45, 2.75) is 6.42 Å². The highest BCUT2D eigenvalue weighted by atomic mass is 35.5. The number of nitriles is 1. The van der Waals surface area contributed by atoms with Gasteiger partial charge < -0.3 is 9.80 Å². The van der Waals surface area contributed by atoms with Crippen molar-refractivity contribution in [2.24, 2.45) is 0 Å². The highest BCUT2D eigenvalue weighted by molar-refractivity contribution is 6.49. The summed E-state index contributed by atoms with van der Waals surface area (Å²) < 4.78 is 0. The second-order valence-electron chi connectivity index (χ2n) is 7.28. The molecule has 29 heavy (non-hydrogen) atoms. The molecular formula is C22H19ClN4O2. The summed E-state index contributed by atoms with van der Waals surface area (Å²) in [6.07, 6.45) is 1.66. The number of aromatic nitrogens is 1. The smallest absolute Gasteiger partial charge is 0.223 e. The van der Waals surface area contributed by atoms with Gasteiger partial charge in [0.05, 0.1) is 21.8 Å². The Morgan fingerprint density at radius 1 is 1.14 bits per heavy atom. The minimum Gasteiger partial charge on any atom is -0.368 e. The molecule has 0 unspecified atom stereocenters. The lowest BCUT2D eigenvalue weighted by molar-refractivity contribution is 0.0975. The second kappa shape index (κ2) is 7.78. The maximum absolute atomic E-state index is 12.9. The first-order valence-electron chi connectivity index (χ1n) is 9.39. The highest BCUT2D eigenvalue weighted by Crippen LogP contribution is 2.31. The average molecular weight is 407 g/mol. The molecule has 2 aromatic rings. The van der Waals surface area contributed by atoms with Crippen LogP contribution in [0.3, 0.4) is 0 Å². The van der Waals surface area contributed by atoms with E-state index < -0.39 is 5.78 Å². The largest absolute Gasteiger partial charge is 0.368 e. The van der Waals surface area contributed by atoms with E-state index in [0.29, 0.717) is 5.56 Å². The summed E-state index contributed by atoms with van der Waals surface area (Å²) in [5, 5.41) is 9.56. The van der Waals surface area contributed by atoms with Gasteiger partial charge in [-0.1, -0.05) is 17.7 Å². The van der Waals surface area contributed by atoms with Crippen LogP contribution in [0, 0.1) is 11.3 Å². The number of benzene rings is 1. The van der Waals surface area contributed by atoms with Crippen LogP contribution >= 0.6 is 11.6 Å². The lowest BCUT2D eigenvalue weighted by atomic mass is 9.89. The molecule has 7 heteroatoms. The quantitative estimate of drug-likeness (QED) is 0.780. The topological polar surface area (TPSA) is 77.3 Å². The summed E-state index contributed by atoms with van der Waals surface area (Å²) >= 11 is 6.24.